The first-order chi connectivity index (χ1) is 19.7. The van der Waals surface area contributed by atoms with Gasteiger partial charge in [-0.1, -0.05) is 55.8 Å². The molecule has 2 aromatic carbocycles. The third kappa shape index (κ3) is 8.41. The van der Waals surface area contributed by atoms with E-state index in [4.69, 9.17) is 19.2 Å². The highest BCUT2D eigenvalue weighted by atomic mass is 16.6. The van der Waals surface area contributed by atoms with Gasteiger partial charge in [-0.05, 0) is 77.1 Å². The standard InChI is InChI=1S/C34H42N2O6/c1-20(2)18-28-27(19-35-33(39)42-34(6,7)8)30(25-12-10-21(3)11-13-25)29(22(4)36-28)32(38)41-23(5)24-14-16-26(17-15-24)31(37)40-9/h10-17,20,23H,18-19H2,1-9H3,(H,35,39). The highest BCUT2D eigenvalue weighted by Gasteiger charge is 2.27. The van der Waals surface area contributed by atoms with Gasteiger partial charge in [-0.25, -0.2) is 14.4 Å². The Kier molecular flexibility index (Phi) is 10.5. The van der Waals surface area contributed by atoms with Gasteiger partial charge < -0.3 is 19.5 Å². The second-order valence-corrected chi connectivity index (χ2v) is 11.9. The van der Waals surface area contributed by atoms with Crippen LogP contribution in [0.5, 0.6) is 0 Å². The Bertz CT molecular complexity index is 1420. The molecule has 1 N–H and O–H groups in total. The van der Waals surface area contributed by atoms with Crippen LogP contribution in [0.4, 0.5) is 4.79 Å². The second kappa shape index (κ2) is 13.6. The van der Waals surface area contributed by atoms with Crippen molar-refractivity contribution in [1.82, 2.24) is 10.3 Å². The molecule has 0 fully saturated rings. The van der Waals surface area contributed by atoms with E-state index in [1.807, 2.05) is 31.2 Å². The molecule has 0 saturated carbocycles. The first-order valence-electron chi connectivity index (χ1n) is 14.2. The number of methoxy groups -OCH3 is 1. The fourth-order valence-corrected chi connectivity index (χ4v) is 4.61. The lowest BCUT2D eigenvalue weighted by atomic mass is 9.89. The van der Waals surface area contributed by atoms with Crippen LogP contribution in [0.1, 0.15) is 96.4 Å². The number of nitrogens with zero attached hydrogens (tertiary/aromatic N) is 1. The first-order valence-corrected chi connectivity index (χ1v) is 14.2. The molecule has 1 aromatic heterocycles. The lowest BCUT2D eigenvalue weighted by Crippen LogP contribution is -2.33. The van der Waals surface area contributed by atoms with Crippen LogP contribution in [0.2, 0.25) is 0 Å². The molecule has 0 saturated heterocycles. The van der Waals surface area contributed by atoms with Crippen LogP contribution in [0.15, 0.2) is 48.5 Å². The van der Waals surface area contributed by atoms with Crippen molar-refractivity contribution in [3.63, 3.8) is 0 Å². The van der Waals surface area contributed by atoms with Gasteiger partial charge in [-0.2, -0.15) is 0 Å². The zero-order valence-electron chi connectivity index (χ0n) is 26.1. The maximum Gasteiger partial charge on any atom is 0.407 e. The molecule has 3 aromatic rings. The number of amides is 1. The molecule has 0 bridgehead atoms. The van der Waals surface area contributed by atoms with Crippen molar-refractivity contribution >= 4 is 18.0 Å². The molecule has 8 heteroatoms. The highest BCUT2D eigenvalue weighted by molar-refractivity contribution is 5.99. The quantitative estimate of drug-likeness (QED) is 0.211. The Morgan fingerprint density at radius 1 is 0.905 bits per heavy atom. The molecular weight excluding hydrogens is 532 g/mol. The van der Waals surface area contributed by atoms with E-state index >= 15 is 0 Å². The number of aryl methyl sites for hydroxylation is 2. The molecule has 0 aliphatic heterocycles. The predicted octanol–water partition coefficient (Wildman–Crippen LogP) is 7.29. The van der Waals surface area contributed by atoms with Gasteiger partial charge in [-0.15, -0.1) is 0 Å². The number of carbonyl (C=O) groups excluding carboxylic acids is 3. The van der Waals surface area contributed by atoms with E-state index in [-0.39, 0.29) is 12.5 Å². The van der Waals surface area contributed by atoms with Crippen LogP contribution in [-0.2, 0) is 27.2 Å². The Labute approximate surface area is 248 Å². The van der Waals surface area contributed by atoms with Crippen molar-refractivity contribution in [2.45, 2.75) is 80.1 Å². The van der Waals surface area contributed by atoms with Gasteiger partial charge in [0.05, 0.1) is 23.9 Å². The smallest absolute Gasteiger partial charge is 0.407 e. The number of rotatable bonds is 9. The van der Waals surface area contributed by atoms with E-state index in [0.29, 0.717) is 28.8 Å². The van der Waals surface area contributed by atoms with Crippen LogP contribution >= 0.6 is 0 Å². The van der Waals surface area contributed by atoms with Crippen molar-refractivity contribution in [2.24, 2.45) is 5.92 Å². The number of carbonyl (C=O) groups is 3. The molecule has 1 amide bonds. The monoisotopic (exact) mass is 574 g/mol. The molecule has 0 aliphatic rings. The third-order valence-corrected chi connectivity index (χ3v) is 6.60. The second-order valence-electron chi connectivity index (χ2n) is 11.9. The summed E-state index contributed by atoms with van der Waals surface area (Å²) >= 11 is 0. The fraction of sp³-hybridized carbons (Fsp3) is 0.412. The van der Waals surface area contributed by atoms with Gasteiger partial charge in [0.25, 0.3) is 0 Å². The topological polar surface area (TPSA) is 104 Å². The molecule has 1 unspecified atom stereocenters. The zero-order valence-corrected chi connectivity index (χ0v) is 26.1. The van der Waals surface area contributed by atoms with Gasteiger partial charge >= 0.3 is 18.0 Å². The number of benzene rings is 2. The molecule has 1 atom stereocenters. The summed E-state index contributed by atoms with van der Waals surface area (Å²) in [7, 11) is 1.33. The number of nitrogens with one attached hydrogen (secondary N) is 1. The lowest BCUT2D eigenvalue weighted by Gasteiger charge is -2.24. The minimum absolute atomic E-state index is 0.123. The fourth-order valence-electron chi connectivity index (χ4n) is 4.61. The predicted molar refractivity (Wildman–Crippen MR) is 162 cm³/mol. The lowest BCUT2D eigenvalue weighted by molar-refractivity contribution is 0.0336. The minimum atomic E-state index is -0.656. The summed E-state index contributed by atoms with van der Waals surface area (Å²) < 4.78 is 16.2. The van der Waals surface area contributed by atoms with E-state index in [9.17, 15) is 14.4 Å². The molecule has 42 heavy (non-hydrogen) atoms. The molecular formula is C34H42N2O6. The van der Waals surface area contributed by atoms with E-state index in [1.165, 1.54) is 7.11 Å². The minimum Gasteiger partial charge on any atom is -0.465 e. The number of aromatic nitrogens is 1. The third-order valence-electron chi connectivity index (χ3n) is 6.60. The van der Waals surface area contributed by atoms with Crippen LogP contribution in [0.3, 0.4) is 0 Å². The van der Waals surface area contributed by atoms with Gasteiger partial charge in [0.15, 0.2) is 0 Å². The molecule has 3 rings (SSSR count). The van der Waals surface area contributed by atoms with Crippen molar-refractivity contribution in [3.05, 3.63) is 87.7 Å². The number of ether oxygens (including phenoxy) is 3. The first kappa shape index (κ1) is 32.3. The van der Waals surface area contributed by atoms with E-state index in [1.54, 1.807) is 58.9 Å². The largest absolute Gasteiger partial charge is 0.465 e. The summed E-state index contributed by atoms with van der Waals surface area (Å²) in [6.07, 6.45) is -0.502. The molecule has 0 radical (unpaired) electrons. The van der Waals surface area contributed by atoms with Crippen molar-refractivity contribution < 1.29 is 28.6 Å². The zero-order chi connectivity index (χ0) is 31.2. The van der Waals surface area contributed by atoms with Gasteiger partial charge in [-0.3, -0.25) is 4.98 Å². The van der Waals surface area contributed by atoms with Crippen LogP contribution < -0.4 is 5.32 Å². The molecule has 8 nitrogen and oxygen atoms in total. The Hall–Kier alpha value is -4.20. The summed E-state index contributed by atoms with van der Waals surface area (Å²) in [5.74, 6) is -0.687. The number of hydrogen-bond acceptors (Lipinski definition) is 7. The van der Waals surface area contributed by atoms with Crippen molar-refractivity contribution in [1.29, 1.82) is 0 Å². The molecule has 224 valence electrons. The average Bonchev–Trinajstić information content (AvgIpc) is 2.90. The summed E-state index contributed by atoms with van der Waals surface area (Å²) in [4.78, 5) is 43.2. The van der Waals surface area contributed by atoms with Gasteiger partial charge in [0.1, 0.15) is 11.7 Å². The van der Waals surface area contributed by atoms with Gasteiger partial charge in [0.2, 0.25) is 0 Å². The number of pyridine rings is 1. The molecule has 1 heterocycles. The number of esters is 2. The van der Waals surface area contributed by atoms with Crippen LogP contribution in [0.25, 0.3) is 11.1 Å². The number of alkyl carbamates (subject to hydrolysis) is 1. The summed E-state index contributed by atoms with van der Waals surface area (Å²) in [5, 5.41) is 2.87. The molecule has 0 aliphatic carbocycles. The van der Waals surface area contributed by atoms with E-state index < -0.39 is 29.7 Å². The van der Waals surface area contributed by atoms with Crippen LogP contribution in [-0.4, -0.2) is 35.7 Å². The Morgan fingerprint density at radius 2 is 1.52 bits per heavy atom. The Balaban J connectivity index is 2.09. The maximum absolute atomic E-state index is 13.9. The number of hydrogen-bond donors (Lipinski definition) is 1. The summed E-state index contributed by atoms with van der Waals surface area (Å²) in [5.41, 5.74) is 5.47. The maximum atomic E-state index is 13.9. The van der Waals surface area contributed by atoms with E-state index in [0.717, 1.165) is 27.9 Å². The highest BCUT2D eigenvalue weighted by Crippen LogP contribution is 2.34. The van der Waals surface area contributed by atoms with Gasteiger partial charge in [0, 0.05) is 23.4 Å². The normalized spacial score (nSPS) is 12.0. The average molecular weight is 575 g/mol. The summed E-state index contributed by atoms with van der Waals surface area (Å²) in [6.45, 7) is 15.3. The SMILES string of the molecule is COC(=O)c1ccc(C(C)OC(=O)c2c(C)nc(CC(C)C)c(CNC(=O)OC(C)(C)C)c2-c2ccc(C)cc2)cc1. The van der Waals surface area contributed by atoms with Crippen molar-refractivity contribution in [2.75, 3.05) is 7.11 Å². The van der Waals surface area contributed by atoms with Crippen molar-refractivity contribution in [3.8, 4) is 11.1 Å². The molecule has 0 spiro atoms. The Morgan fingerprint density at radius 3 is 2.07 bits per heavy atom. The van der Waals surface area contributed by atoms with E-state index in [2.05, 4.69) is 19.2 Å². The summed E-state index contributed by atoms with van der Waals surface area (Å²) in [6, 6.07) is 14.6. The van der Waals surface area contributed by atoms with Crippen LogP contribution in [0, 0.1) is 19.8 Å².